The first-order valence-electron chi connectivity index (χ1n) is 10.9. The summed E-state index contributed by atoms with van der Waals surface area (Å²) in [6.45, 7) is 23.1. The lowest BCUT2D eigenvalue weighted by atomic mass is 9.93. The molecule has 1 rings (SSSR count). The van der Waals surface area contributed by atoms with Gasteiger partial charge in [-0.25, -0.2) is 0 Å². The predicted octanol–water partition coefficient (Wildman–Crippen LogP) is 8.99. The van der Waals surface area contributed by atoms with Crippen molar-refractivity contribution in [1.29, 1.82) is 0 Å². The lowest BCUT2D eigenvalue weighted by Crippen LogP contribution is -2.08. The highest BCUT2D eigenvalue weighted by atomic mass is 16.1. The number of benzene rings is 1. The molecular formula is C25H48O. The van der Waals surface area contributed by atoms with E-state index < -0.39 is 0 Å². The van der Waals surface area contributed by atoms with Crippen molar-refractivity contribution in [1.82, 2.24) is 0 Å². The smallest absolute Gasteiger partial charge is 0.165 e. The summed E-state index contributed by atoms with van der Waals surface area (Å²) >= 11 is 0. The fourth-order valence-electron chi connectivity index (χ4n) is 2.16. The number of hydrogen-bond donors (Lipinski definition) is 0. The average molecular weight is 365 g/mol. The summed E-state index contributed by atoms with van der Waals surface area (Å²) in [7, 11) is 0. The van der Waals surface area contributed by atoms with Gasteiger partial charge in [0.2, 0.25) is 0 Å². The maximum Gasteiger partial charge on any atom is 0.165 e. The summed E-state index contributed by atoms with van der Waals surface area (Å²) in [5.41, 5.74) is 3.39. The molecule has 0 unspecified atom stereocenters. The maximum atomic E-state index is 11.8. The van der Waals surface area contributed by atoms with E-state index in [2.05, 4.69) is 54.5 Å². The first-order chi connectivity index (χ1) is 12.3. The van der Waals surface area contributed by atoms with Gasteiger partial charge in [-0.2, -0.15) is 0 Å². The summed E-state index contributed by atoms with van der Waals surface area (Å²) in [5.74, 6) is 0.830. The Morgan fingerprint density at radius 2 is 1.31 bits per heavy atom. The molecule has 1 nitrogen and oxygen atoms in total. The molecule has 0 bridgehead atoms. The van der Waals surface area contributed by atoms with E-state index in [1.165, 1.54) is 43.2 Å². The third-order valence-electron chi connectivity index (χ3n) is 3.91. The second-order valence-corrected chi connectivity index (χ2v) is 7.10. The largest absolute Gasteiger partial charge is 0.294 e. The van der Waals surface area contributed by atoms with Crippen LogP contribution in [-0.4, -0.2) is 5.78 Å². The molecule has 0 fully saturated rings. The Bertz CT molecular complexity index is 426. The van der Waals surface area contributed by atoms with Gasteiger partial charge in [-0.3, -0.25) is 4.79 Å². The minimum atomic E-state index is 0.0781. The number of hydrogen-bond acceptors (Lipinski definition) is 1. The number of carbonyl (C=O) groups excluding carboxylic acids is 1. The minimum absolute atomic E-state index is 0.0781. The Kier molecular flexibility index (Phi) is 23.0. The van der Waals surface area contributed by atoms with Crippen molar-refractivity contribution in [3.63, 3.8) is 0 Å². The highest BCUT2D eigenvalue weighted by Gasteiger charge is 2.12. The van der Waals surface area contributed by atoms with Crippen LogP contribution in [0.4, 0.5) is 0 Å². The van der Waals surface area contributed by atoms with Crippen molar-refractivity contribution < 1.29 is 4.79 Å². The highest BCUT2D eigenvalue weighted by Crippen LogP contribution is 2.21. The zero-order chi connectivity index (χ0) is 21.1. The van der Waals surface area contributed by atoms with Gasteiger partial charge < -0.3 is 0 Å². The standard InChI is InChI=1S/C14H20O.C5H12.C4H10.C2H6/c1-9(2)13-7-6-12(8-11(13)5)14(15)10(3)4;1-3-5-4-2;1-3-4-2;1-2/h6-10H,1-5H3;3-5H2,1-2H3;3-4H2,1-2H3;1-2H3. The normalized spacial score (nSPS) is 9.42. The van der Waals surface area contributed by atoms with Crippen LogP contribution < -0.4 is 0 Å². The minimum Gasteiger partial charge on any atom is -0.294 e. The van der Waals surface area contributed by atoms with Gasteiger partial charge in [0, 0.05) is 11.5 Å². The number of rotatable bonds is 6. The van der Waals surface area contributed by atoms with Crippen molar-refractivity contribution in [2.45, 2.75) is 114 Å². The molecule has 0 aliphatic heterocycles. The van der Waals surface area contributed by atoms with Gasteiger partial charge in [0.05, 0.1) is 0 Å². The van der Waals surface area contributed by atoms with E-state index in [-0.39, 0.29) is 11.7 Å². The van der Waals surface area contributed by atoms with Crippen LogP contribution in [0.15, 0.2) is 18.2 Å². The molecule has 0 saturated heterocycles. The molecule has 0 radical (unpaired) electrons. The van der Waals surface area contributed by atoms with E-state index in [0.717, 1.165) is 5.56 Å². The van der Waals surface area contributed by atoms with E-state index in [1.54, 1.807) is 0 Å². The van der Waals surface area contributed by atoms with E-state index in [1.807, 2.05) is 39.8 Å². The van der Waals surface area contributed by atoms with Gasteiger partial charge in [-0.1, -0.05) is 113 Å². The number of unbranched alkanes of at least 4 members (excludes halogenated alkanes) is 3. The van der Waals surface area contributed by atoms with E-state index >= 15 is 0 Å². The van der Waals surface area contributed by atoms with Crippen molar-refractivity contribution in [3.8, 4) is 0 Å². The fraction of sp³-hybridized carbons (Fsp3) is 0.720. The number of ketones is 1. The van der Waals surface area contributed by atoms with Crippen LogP contribution in [0, 0.1) is 12.8 Å². The topological polar surface area (TPSA) is 17.1 Å². The van der Waals surface area contributed by atoms with Gasteiger partial charge in [-0.05, 0) is 30.0 Å². The third kappa shape index (κ3) is 15.2. The molecule has 0 heterocycles. The summed E-state index contributed by atoms with van der Waals surface area (Å²) in [4.78, 5) is 11.8. The average Bonchev–Trinajstić information content (AvgIpc) is 2.63. The number of carbonyl (C=O) groups is 1. The molecule has 0 aliphatic rings. The predicted molar refractivity (Wildman–Crippen MR) is 122 cm³/mol. The molecule has 0 saturated carbocycles. The Balaban J connectivity index is -0.000000398. The van der Waals surface area contributed by atoms with Crippen molar-refractivity contribution in [2.24, 2.45) is 5.92 Å². The molecule has 1 aromatic carbocycles. The Hall–Kier alpha value is -1.11. The maximum absolute atomic E-state index is 11.8. The zero-order valence-electron chi connectivity index (χ0n) is 19.8. The fourth-order valence-corrected chi connectivity index (χ4v) is 2.16. The Morgan fingerprint density at radius 3 is 1.54 bits per heavy atom. The van der Waals surface area contributed by atoms with Crippen molar-refractivity contribution >= 4 is 5.78 Å². The Labute approximate surface area is 166 Å². The van der Waals surface area contributed by atoms with Crippen LogP contribution in [0.1, 0.15) is 129 Å². The second-order valence-electron chi connectivity index (χ2n) is 7.10. The summed E-state index contributed by atoms with van der Waals surface area (Å²) in [6.07, 6.45) is 6.72. The summed E-state index contributed by atoms with van der Waals surface area (Å²) < 4.78 is 0. The first-order valence-corrected chi connectivity index (χ1v) is 10.9. The van der Waals surface area contributed by atoms with Crippen LogP contribution in [0.3, 0.4) is 0 Å². The van der Waals surface area contributed by atoms with Crippen LogP contribution >= 0.6 is 0 Å². The van der Waals surface area contributed by atoms with Gasteiger partial charge in [0.25, 0.3) is 0 Å². The van der Waals surface area contributed by atoms with E-state index in [0.29, 0.717) is 5.92 Å². The molecule has 0 atom stereocenters. The quantitative estimate of drug-likeness (QED) is 0.460. The van der Waals surface area contributed by atoms with Gasteiger partial charge in [-0.15, -0.1) is 0 Å². The molecule has 0 aliphatic carbocycles. The van der Waals surface area contributed by atoms with Gasteiger partial charge in [0.1, 0.15) is 0 Å². The second kappa shape index (κ2) is 20.2. The SMILES string of the molecule is CC.CCCC.CCCCC.Cc1cc(C(=O)C(C)C)ccc1C(C)C. The van der Waals surface area contributed by atoms with Crippen molar-refractivity contribution in [2.75, 3.05) is 0 Å². The van der Waals surface area contributed by atoms with Crippen LogP contribution in [0.25, 0.3) is 0 Å². The van der Waals surface area contributed by atoms with Crippen molar-refractivity contribution in [3.05, 3.63) is 34.9 Å². The molecule has 1 heteroatoms. The molecular weight excluding hydrogens is 316 g/mol. The molecule has 1 aromatic rings. The Morgan fingerprint density at radius 1 is 0.846 bits per heavy atom. The third-order valence-corrected chi connectivity index (χ3v) is 3.91. The van der Waals surface area contributed by atoms with Gasteiger partial charge in [0.15, 0.2) is 5.78 Å². The molecule has 0 spiro atoms. The van der Waals surface area contributed by atoms with E-state index in [9.17, 15) is 4.79 Å². The van der Waals surface area contributed by atoms with Crippen LogP contribution in [0.2, 0.25) is 0 Å². The lowest BCUT2D eigenvalue weighted by Gasteiger charge is -2.11. The molecule has 0 N–H and O–H groups in total. The lowest BCUT2D eigenvalue weighted by molar-refractivity contribution is 0.0939. The monoisotopic (exact) mass is 364 g/mol. The van der Waals surface area contributed by atoms with Crippen LogP contribution in [0.5, 0.6) is 0 Å². The molecule has 0 aromatic heterocycles. The highest BCUT2D eigenvalue weighted by molar-refractivity contribution is 5.97. The van der Waals surface area contributed by atoms with E-state index in [4.69, 9.17) is 0 Å². The number of Topliss-reactive ketones (excluding diaryl/α,β-unsaturated/α-hetero) is 1. The first kappa shape index (κ1) is 29.6. The van der Waals surface area contributed by atoms with Gasteiger partial charge >= 0.3 is 0 Å². The molecule has 0 amide bonds. The summed E-state index contributed by atoms with van der Waals surface area (Å²) in [6, 6.07) is 6.04. The van der Waals surface area contributed by atoms with Crippen LogP contribution in [-0.2, 0) is 0 Å². The molecule has 26 heavy (non-hydrogen) atoms. The zero-order valence-corrected chi connectivity index (χ0v) is 19.8. The molecule has 154 valence electrons. The number of aryl methyl sites for hydroxylation is 1. The summed E-state index contributed by atoms with van der Waals surface area (Å²) in [5, 5.41) is 0.